The summed E-state index contributed by atoms with van der Waals surface area (Å²) in [7, 11) is 0. The molecule has 5 nitrogen and oxygen atoms in total. The quantitative estimate of drug-likeness (QED) is 0.418. The van der Waals surface area contributed by atoms with Crippen molar-refractivity contribution < 1.29 is 23.5 Å². The molecular formula is C20H14FNO4S. The maximum absolute atomic E-state index is 13.2. The van der Waals surface area contributed by atoms with E-state index in [0.717, 1.165) is 4.88 Å². The summed E-state index contributed by atoms with van der Waals surface area (Å²) in [5, 5.41) is 12.6. The summed E-state index contributed by atoms with van der Waals surface area (Å²) in [4.78, 5) is 27.7. The molecule has 1 amide bonds. The summed E-state index contributed by atoms with van der Waals surface area (Å²) >= 11 is 1.46. The number of hydrogen-bond acceptors (Lipinski definition) is 5. The highest BCUT2D eigenvalue weighted by Gasteiger charge is 2.47. The molecule has 0 aliphatic carbocycles. The third-order valence-corrected chi connectivity index (χ3v) is 5.24. The Morgan fingerprint density at radius 2 is 1.93 bits per heavy atom. The molecule has 1 aliphatic rings. The minimum atomic E-state index is -0.854. The monoisotopic (exact) mass is 383 g/mol. The predicted molar refractivity (Wildman–Crippen MR) is 97.3 cm³/mol. The van der Waals surface area contributed by atoms with Gasteiger partial charge in [-0.1, -0.05) is 6.07 Å². The van der Waals surface area contributed by atoms with E-state index in [4.69, 9.17) is 4.42 Å². The average molecular weight is 383 g/mol. The number of benzene rings is 1. The van der Waals surface area contributed by atoms with E-state index in [1.807, 2.05) is 17.5 Å². The number of carbonyl (C=O) groups is 2. The minimum Gasteiger partial charge on any atom is -0.507 e. The molecule has 1 atom stereocenters. The van der Waals surface area contributed by atoms with Crippen molar-refractivity contribution in [2.75, 3.05) is 0 Å². The van der Waals surface area contributed by atoms with E-state index < -0.39 is 23.5 Å². The number of nitrogens with zero attached hydrogens (tertiary/aromatic N) is 1. The van der Waals surface area contributed by atoms with E-state index in [9.17, 15) is 19.1 Å². The SMILES string of the molecule is O=C1C(=O)N(Cc2cccs2)C(c2ccco2)/C1=C(\O)c1ccc(F)cc1. The van der Waals surface area contributed by atoms with Gasteiger partial charge in [0.2, 0.25) is 0 Å². The fraction of sp³-hybridized carbons (Fsp3) is 0.100. The van der Waals surface area contributed by atoms with Gasteiger partial charge < -0.3 is 14.4 Å². The van der Waals surface area contributed by atoms with Crippen molar-refractivity contribution in [1.29, 1.82) is 0 Å². The molecule has 0 spiro atoms. The third kappa shape index (κ3) is 3.06. The zero-order valence-corrected chi connectivity index (χ0v) is 14.8. The molecule has 1 fully saturated rings. The van der Waals surface area contributed by atoms with Gasteiger partial charge in [0.15, 0.2) is 0 Å². The number of likely N-dealkylation sites (tertiary alicyclic amines) is 1. The highest BCUT2D eigenvalue weighted by Crippen LogP contribution is 2.40. The lowest BCUT2D eigenvalue weighted by atomic mass is 9.99. The normalized spacial score (nSPS) is 19.0. The molecule has 1 saturated heterocycles. The molecule has 1 aromatic carbocycles. The molecule has 1 unspecified atom stereocenters. The van der Waals surface area contributed by atoms with Crippen molar-refractivity contribution in [3.8, 4) is 0 Å². The maximum atomic E-state index is 13.2. The molecule has 1 N–H and O–H groups in total. The standard InChI is InChI=1S/C20H14FNO4S/c21-13-7-5-12(6-8-13)18(23)16-17(15-4-1-9-26-15)22(20(25)19(16)24)11-14-3-2-10-27-14/h1-10,17,23H,11H2/b18-16+. The summed E-state index contributed by atoms with van der Waals surface area (Å²) in [6.45, 7) is 0.216. The van der Waals surface area contributed by atoms with Gasteiger partial charge in [-0.3, -0.25) is 9.59 Å². The molecular weight excluding hydrogens is 369 g/mol. The van der Waals surface area contributed by atoms with Crippen LogP contribution in [0, 0.1) is 5.82 Å². The van der Waals surface area contributed by atoms with Crippen LogP contribution >= 0.6 is 11.3 Å². The topological polar surface area (TPSA) is 70.8 Å². The summed E-state index contributed by atoms with van der Waals surface area (Å²) in [5.41, 5.74) is 0.181. The first-order valence-electron chi connectivity index (χ1n) is 8.16. The fourth-order valence-corrected chi connectivity index (χ4v) is 3.82. The number of amides is 1. The molecule has 0 bridgehead atoms. The zero-order valence-electron chi connectivity index (χ0n) is 14.0. The number of hydrogen-bond donors (Lipinski definition) is 1. The maximum Gasteiger partial charge on any atom is 0.296 e. The summed E-state index contributed by atoms with van der Waals surface area (Å²) < 4.78 is 18.6. The molecule has 136 valence electrons. The number of ketones is 1. The van der Waals surface area contributed by atoms with E-state index in [1.165, 1.54) is 46.8 Å². The highest BCUT2D eigenvalue weighted by atomic mass is 32.1. The lowest BCUT2D eigenvalue weighted by Gasteiger charge is -2.22. The molecule has 0 radical (unpaired) electrons. The van der Waals surface area contributed by atoms with Gasteiger partial charge in [-0.05, 0) is 47.8 Å². The minimum absolute atomic E-state index is 0.0712. The highest BCUT2D eigenvalue weighted by molar-refractivity contribution is 7.09. The lowest BCUT2D eigenvalue weighted by Crippen LogP contribution is -2.28. The smallest absolute Gasteiger partial charge is 0.296 e. The molecule has 3 heterocycles. The van der Waals surface area contributed by atoms with Gasteiger partial charge in [-0.15, -0.1) is 11.3 Å². The van der Waals surface area contributed by atoms with Crippen molar-refractivity contribution in [2.45, 2.75) is 12.6 Å². The fourth-order valence-electron chi connectivity index (χ4n) is 3.12. The van der Waals surface area contributed by atoms with E-state index in [2.05, 4.69) is 0 Å². The first-order chi connectivity index (χ1) is 13.1. The van der Waals surface area contributed by atoms with Crippen LogP contribution in [0.4, 0.5) is 4.39 Å². The van der Waals surface area contributed by atoms with E-state index in [1.54, 1.807) is 12.1 Å². The van der Waals surface area contributed by atoms with Gasteiger partial charge in [0, 0.05) is 10.4 Å². The second-order valence-electron chi connectivity index (χ2n) is 6.03. The average Bonchev–Trinajstić information content (AvgIpc) is 3.40. The first kappa shape index (κ1) is 17.2. The van der Waals surface area contributed by atoms with Gasteiger partial charge in [0.1, 0.15) is 23.4 Å². The number of thiophene rings is 1. The molecule has 27 heavy (non-hydrogen) atoms. The number of aliphatic hydroxyl groups is 1. The second-order valence-corrected chi connectivity index (χ2v) is 7.06. The van der Waals surface area contributed by atoms with Gasteiger partial charge in [0.25, 0.3) is 11.7 Å². The van der Waals surface area contributed by atoms with Crippen molar-refractivity contribution in [3.63, 3.8) is 0 Å². The Morgan fingerprint density at radius 3 is 2.56 bits per heavy atom. The molecule has 2 aromatic heterocycles. The van der Waals surface area contributed by atoms with Crippen molar-refractivity contribution >= 4 is 28.8 Å². The molecule has 7 heteroatoms. The summed E-state index contributed by atoms with van der Waals surface area (Å²) in [6.07, 6.45) is 1.44. The second kappa shape index (κ2) is 6.85. The zero-order chi connectivity index (χ0) is 19.0. The Balaban J connectivity index is 1.83. The third-order valence-electron chi connectivity index (χ3n) is 4.38. The Labute approximate surface area is 158 Å². The van der Waals surface area contributed by atoms with Crippen LogP contribution in [0.5, 0.6) is 0 Å². The van der Waals surface area contributed by atoms with Gasteiger partial charge in [-0.2, -0.15) is 0 Å². The number of Topliss-reactive ketones (excluding diaryl/α,β-unsaturated/α-hetero) is 1. The predicted octanol–water partition coefficient (Wildman–Crippen LogP) is 4.10. The van der Waals surface area contributed by atoms with Crippen LogP contribution in [0.2, 0.25) is 0 Å². The van der Waals surface area contributed by atoms with Gasteiger partial charge in [0.05, 0.1) is 18.4 Å². The molecule has 3 aromatic rings. The van der Waals surface area contributed by atoms with E-state index >= 15 is 0 Å². The van der Waals surface area contributed by atoms with Crippen molar-refractivity contribution in [1.82, 2.24) is 4.90 Å². The number of aliphatic hydroxyl groups excluding tert-OH is 1. The van der Waals surface area contributed by atoms with Crippen LogP contribution in [0.25, 0.3) is 5.76 Å². The lowest BCUT2D eigenvalue weighted by molar-refractivity contribution is -0.140. The van der Waals surface area contributed by atoms with Crippen LogP contribution in [0.1, 0.15) is 22.2 Å². The van der Waals surface area contributed by atoms with Crippen molar-refractivity contribution in [2.24, 2.45) is 0 Å². The van der Waals surface area contributed by atoms with Gasteiger partial charge in [-0.25, -0.2) is 4.39 Å². The summed E-state index contributed by atoms with van der Waals surface area (Å²) in [6, 6.07) is 11.2. The first-order valence-corrected chi connectivity index (χ1v) is 9.04. The van der Waals surface area contributed by atoms with Crippen molar-refractivity contribution in [3.05, 3.63) is 87.8 Å². The number of halogens is 1. The van der Waals surface area contributed by atoms with E-state index in [-0.39, 0.29) is 23.4 Å². The van der Waals surface area contributed by atoms with E-state index in [0.29, 0.717) is 5.76 Å². The number of rotatable bonds is 4. The molecule has 1 aliphatic heterocycles. The summed E-state index contributed by atoms with van der Waals surface area (Å²) in [5.74, 6) is -1.96. The number of furan rings is 1. The molecule has 0 saturated carbocycles. The largest absolute Gasteiger partial charge is 0.507 e. The Morgan fingerprint density at radius 1 is 1.15 bits per heavy atom. The van der Waals surface area contributed by atoms with Crippen LogP contribution in [-0.4, -0.2) is 21.7 Å². The molecule has 4 rings (SSSR count). The Hall–Kier alpha value is -3.19. The van der Waals surface area contributed by atoms with Crippen LogP contribution in [-0.2, 0) is 16.1 Å². The van der Waals surface area contributed by atoms with Crippen LogP contribution in [0.15, 0.2) is 70.2 Å². The van der Waals surface area contributed by atoms with Crippen LogP contribution < -0.4 is 0 Å². The Bertz CT molecular complexity index is 1010. The van der Waals surface area contributed by atoms with Gasteiger partial charge >= 0.3 is 0 Å². The Kier molecular flexibility index (Phi) is 4.37. The number of carbonyl (C=O) groups excluding carboxylic acids is 2. The van der Waals surface area contributed by atoms with Crippen LogP contribution in [0.3, 0.4) is 0 Å².